The number of ketones is 4. The van der Waals surface area contributed by atoms with Crippen LogP contribution in [0.25, 0.3) is 0 Å². The summed E-state index contributed by atoms with van der Waals surface area (Å²) in [6.45, 7) is 0. The van der Waals surface area contributed by atoms with Gasteiger partial charge in [-0.15, -0.1) is 0 Å². The number of nitrogens with zero attached hydrogens (tertiary/aromatic N) is 3. The number of hydrogen-bond donors (Lipinski definition) is 3. The lowest BCUT2D eigenvalue weighted by Crippen LogP contribution is -2.74. The Morgan fingerprint density at radius 1 is 1.17 bits per heavy atom. The van der Waals surface area contributed by atoms with Crippen LogP contribution >= 0.6 is 0 Å². The standard InChI is InChI=1S/C24H26N4O7/c1-27(2)13-7-10(8-25)18(29)15-11(13)5-9-6-12-17(28(3)4)20(31)16(23(26)34)22(33)24(12,35)21(32)14(9)19(15)30/h7,9,12,14,16-17,29,35H,5-6H2,1-4H3,(H2,26,34)/t9-,12-,14?,16?,17+,24?/m0/s1. The first kappa shape index (κ1) is 24.5. The summed E-state index contributed by atoms with van der Waals surface area (Å²) in [7, 11) is 6.47. The van der Waals surface area contributed by atoms with E-state index in [2.05, 4.69) is 0 Å². The Morgan fingerprint density at radius 3 is 2.31 bits per heavy atom. The van der Waals surface area contributed by atoms with Gasteiger partial charge in [-0.25, -0.2) is 0 Å². The topological polar surface area (TPSA) is 182 Å². The van der Waals surface area contributed by atoms with Gasteiger partial charge in [0.2, 0.25) is 5.91 Å². The summed E-state index contributed by atoms with van der Waals surface area (Å²) >= 11 is 0. The fourth-order valence-corrected chi connectivity index (χ4v) is 6.14. The number of phenolic OH excluding ortho intramolecular Hbond substituents is 1. The molecule has 184 valence electrons. The molecule has 2 fully saturated rings. The van der Waals surface area contributed by atoms with Crippen LogP contribution in [0.5, 0.6) is 5.75 Å². The smallest absolute Gasteiger partial charge is 0.235 e. The van der Waals surface area contributed by atoms with Crippen LogP contribution in [-0.2, 0) is 25.6 Å². The first-order valence-electron chi connectivity index (χ1n) is 11.1. The lowest BCUT2D eigenvalue weighted by molar-refractivity contribution is -0.181. The van der Waals surface area contributed by atoms with Crippen molar-refractivity contribution in [2.24, 2.45) is 29.4 Å². The van der Waals surface area contributed by atoms with Gasteiger partial charge in [-0.2, -0.15) is 5.26 Å². The van der Waals surface area contributed by atoms with E-state index >= 15 is 0 Å². The molecule has 1 aromatic carbocycles. The molecule has 2 saturated carbocycles. The van der Waals surface area contributed by atoms with Crippen molar-refractivity contribution in [2.75, 3.05) is 33.1 Å². The minimum atomic E-state index is -2.77. The van der Waals surface area contributed by atoms with Crippen LogP contribution in [0.4, 0.5) is 5.69 Å². The number of benzene rings is 1. The molecule has 0 aliphatic heterocycles. The van der Waals surface area contributed by atoms with Crippen LogP contribution in [-0.4, -0.2) is 84.0 Å². The summed E-state index contributed by atoms with van der Waals surface area (Å²) in [5.41, 5.74) is 3.14. The van der Waals surface area contributed by atoms with Crippen molar-refractivity contribution in [3.8, 4) is 11.8 Å². The van der Waals surface area contributed by atoms with E-state index in [1.807, 2.05) is 6.07 Å². The van der Waals surface area contributed by atoms with E-state index in [4.69, 9.17) is 5.73 Å². The molecule has 4 rings (SSSR count). The second-order valence-corrected chi connectivity index (χ2v) is 9.94. The van der Waals surface area contributed by atoms with Crippen molar-refractivity contribution in [3.05, 3.63) is 22.8 Å². The quantitative estimate of drug-likeness (QED) is 0.443. The molecule has 0 heterocycles. The molecule has 0 bridgehead atoms. The number of aromatic hydroxyl groups is 1. The van der Waals surface area contributed by atoms with E-state index < -0.39 is 70.1 Å². The van der Waals surface area contributed by atoms with Gasteiger partial charge in [0.25, 0.3) is 0 Å². The zero-order valence-electron chi connectivity index (χ0n) is 19.7. The van der Waals surface area contributed by atoms with Gasteiger partial charge in [-0.05, 0) is 44.5 Å². The van der Waals surface area contributed by atoms with Crippen LogP contribution in [0.2, 0.25) is 0 Å². The molecule has 6 atom stereocenters. The molecular weight excluding hydrogens is 456 g/mol. The fourth-order valence-electron chi connectivity index (χ4n) is 6.14. The molecule has 1 aromatic rings. The van der Waals surface area contributed by atoms with E-state index in [9.17, 15) is 39.4 Å². The van der Waals surface area contributed by atoms with Crippen molar-refractivity contribution >= 4 is 34.7 Å². The van der Waals surface area contributed by atoms with Gasteiger partial charge in [0.1, 0.15) is 11.8 Å². The summed E-state index contributed by atoms with van der Waals surface area (Å²) in [4.78, 5) is 68.8. The predicted molar refractivity (Wildman–Crippen MR) is 120 cm³/mol. The average Bonchev–Trinajstić information content (AvgIpc) is 2.75. The molecule has 0 spiro atoms. The van der Waals surface area contributed by atoms with Crippen LogP contribution in [0.1, 0.15) is 27.9 Å². The normalized spacial score (nSPS) is 32.0. The summed E-state index contributed by atoms with van der Waals surface area (Å²) in [5, 5.41) is 31.7. The van der Waals surface area contributed by atoms with E-state index in [0.29, 0.717) is 11.3 Å². The number of hydrogen-bond acceptors (Lipinski definition) is 10. The van der Waals surface area contributed by atoms with Gasteiger partial charge in [-0.3, -0.25) is 28.9 Å². The second-order valence-electron chi connectivity index (χ2n) is 9.94. The molecule has 11 heteroatoms. The molecule has 0 aromatic heterocycles. The van der Waals surface area contributed by atoms with E-state index in [1.165, 1.54) is 25.1 Å². The maximum atomic E-state index is 13.7. The Kier molecular flexibility index (Phi) is 5.58. The SMILES string of the molecule is CN(C)c1cc(C#N)c(O)c2c1C[C@H]1C[C@H]3[C@@H](N(C)C)C(=O)C(C(N)=O)C(=O)C3(O)C(=O)C1C2=O. The van der Waals surface area contributed by atoms with Crippen molar-refractivity contribution in [1.29, 1.82) is 5.26 Å². The van der Waals surface area contributed by atoms with Crippen LogP contribution < -0.4 is 10.6 Å². The number of nitriles is 1. The summed E-state index contributed by atoms with van der Waals surface area (Å²) < 4.78 is 0. The van der Waals surface area contributed by atoms with Crippen LogP contribution in [0.15, 0.2) is 6.07 Å². The Hall–Kier alpha value is -3.62. The Morgan fingerprint density at radius 2 is 1.80 bits per heavy atom. The van der Waals surface area contributed by atoms with Crippen LogP contribution in [0.3, 0.4) is 0 Å². The molecule has 35 heavy (non-hydrogen) atoms. The average molecular weight is 482 g/mol. The lowest BCUT2D eigenvalue weighted by Gasteiger charge is -2.52. The van der Waals surface area contributed by atoms with Gasteiger partial charge in [-0.1, -0.05) is 0 Å². The number of aliphatic hydroxyl groups is 1. The Labute approximate surface area is 201 Å². The molecule has 3 unspecified atom stereocenters. The molecule has 0 saturated heterocycles. The molecule has 11 nitrogen and oxygen atoms in total. The minimum absolute atomic E-state index is 0.0302. The van der Waals surface area contributed by atoms with E-state index in [0.717, 1.165) is 0 Å². The number of Topliss-reactive ketones (excluding diaryl/α,β-unsaturated/α-hetero) is 4. The highest BCUT2D eigenvalue weighted by Gasteiger charge is 2.69. The van der Waals surface area contributed by atoms with Crippen molar-refractivity contribution < 1.29 is 34.2 Å². The molecule has 3 aliphatic rings. The number of phenols is 1. The van der Waals surface area contributed by atoms with Gasteiger partial charge in [0.05, 0.1) is 23.1 Å². The van der Waals surface area contributed by atoms with Gasteiger partial charge in [0, 0.05) is 25.7 Å². The highest BCUT2D eigenvalue weighted by molar-refractivity contribution is 6.32. The molecule has 4 N–H and O–H groups in total. The number of likely N-dealkylation sites (N-methyl/N-ethyl adjacent to an activating group) is 1. The number of rotatable bonds is 3. The zero-order chi connectivity index (χ0) is 26.1. The lowest BCUT2D eigenvalue weighted by atomic mass is 9.52. The third kappa shape index (κ3) is 3.13. The third-order valence-electron chi connectivity index (χ3n) is 7.64. The summed E-state index contributed by atoms with van der Waals surface area (Å²) in [5.74, 6) is -11.2. The zero-order valence-corrected chi connectivity index (χ0v) is 19.7. The van der Waals surface area contributed by atoms with Crippen molar-refractivity contribution in [3.63, 3.8) is 0 Å². The third-order valence-corrected chi connectivity index (χ3v) is 7.64. The number of carbonyl (C=O) groups is 5. The minimum Gasteiger partial charge on any atom is -0.506 e. The van der Waals surface area contributed by atoms with Crippen molar-refractivity contribution in [1.82, 2.24) is 4.90 Å². The fraction of sp³-hybridized carbons (Fsp3) is 0.500. The number of amides is 1. The van der Waals surface area contributed by atoms with E-state index in [-0.39, 0.29) is 24.0 Å². The molecule has 1 amide bonds. The Bertz CT molecular complexity index is 1250. The summed E-state index contributed by atoms with van der Waals surface area (Å²) in [6, 6.07) is 2.14. The largest absolute Gasteiger partial charge is 0.506 e. The molecule has 0 radical (unpaired) electrons. The molecule has 3 aliphatic carbocycles. The number of fused-ring (bicyclic) bond motifs is 3. The maximum absolute atomic E-state index is 13.7. The van der Waals surface area contributed by atoms with Gasteiger partial charge < -0.3 is 20.8 Å². The first-order chi connectivity index (χ1) is 16.3. The van der Waals surface area contributed by atoms with Crippen molar-refractivity contribution in [2.45, 2.75) is 24.5 Å². The van der Waals surface area contributed by atoms with Crippen LogP contribution in [0, 0.1) is 35.0 Å². The number of carbonyl (C=O) groups excluding carboxylic acids is 5. The highest BCUT2D eigenvalue weighted by Crippen LogP contribution is 2.52. The molecular formula is C24H26N4O7. The maximum Gasteiger partial charge on any atom is 0.235 e. The van der Waals surface area contributed by atoms with E-state index in [1.54, 1.807) is 19.0 Å². The predicted octanol–water partition coefficient (Wildman–Crippen LogP) is -1.20. The van der Waals surface area contributed by atoms with Gasteiger partial charge in [0.15, 0.2) is 34.7 Å². The number of nitrogens with two attached hydrogens (primary N) is 1. The monoisotopic (exact) mass is 482 g/mol. The van der Waals surface area contributed by atoms with Gasteiger partial charge >= 0.3 is 0 Å². The summed E-state index contributed by atoms with van der Waals surface area (Å²) in [6.07, 6.45) is 0.107. The number of anilines is 1. The highest BCUT2D eigenvalue weighted by atomic mass is 16.3. The Balaban J connectivity index is 1.92. The second kappa shape index (κ2) is 7.96. The first-order valence-corrected chi connectivity index (χ1v) is 11.1. The number of primary amides is 1.